The van der Waals surface area contributed by atoms with Crippen molar-refractivity contribution in [3.05, 3.63) is 0 Å². The fraction of sp³-hybridized carbons (Fsp3) is 0.900. The number of amides is 1. The van der Waals surface area contributed by atoms with Gasteiger partial charge in [0.1, 0.15) is 6.10 Å². The molecule has 1 atom stereocenters. The molecule has 0 aromatic rings. The number of carbonyl (C=O) groups excluding carboxylic acids is 1. The number of nitrogens with one attached hydrogen (secondary N) is 1. The summed E-state index contributed by atoms with van der Waals surface area (Å²) in [7, 11) is 1.47. The lowest BCUT2D eigenvalue weighted by molar-refractivity contribution is -0.130. The molecule has 15 heavy (non-hydrogen) atoms. The first-order chi connectivity index (χ1) is 7.27. The Bertz CT molecular complexity index is 191. The topological polar surface area (TPSA) is 73.6 Å². The van der Waals surface area contributed by atoms with E-state index >= 15 is 0 Å². The number of ether oxygens (including phenoxy) is 2. The highest BCUT2D eigenvalue weighted by molar-refractivity contribution is 5.80. The highest BCUT2D eigenvalue weighted by Crippen LogP contribution is 2.28. The van der Waals surface area contributed by atoms with Crippen LogP contribution in [0.5, 0.6) is 0 Å². The van der Waals surface area contributed by atoms with Crippen molar-refractivity contribution in [2.75, 3.05) is 33.4 Å². The normalized spacial score (nSPS) is 17.5. The van der Waals surface area contributed by atoms with Crippen LogP contribution in [0.1, 0.15) is 12.8 Å². The van der Waals surface area contributed by atoms with Gasteiger partial charge in [-0.05, 0) is 18.8 Å². The monoisotopic (exact) mass is 216 g/mol. The number of hydrogen-bond donors (Lipinski definition) is 2. The van der Waals surface area contributed by atoms with Gasteiger partial charge in [0.2, 0.25) is 0 Å². The first kappa shape index (κ1) is 12.4. The van der Waals surface area contributed by atoms with Crippen LogP contribution in [0.2, 0.25) is 0 Å². The smallest absolute Gasteiger partial charge is 0.250 e. The van der Waals surface area contributed by atoms with Crippen LogP contribution in [0.15, 0.2) is 0 Å². The van der Waals surface area contributed by atoms with Gasteiger partial charge >= 0.3 is 0 Å². The summed E-state index contributed by atoms with van der Waals surface area (Å²) in [5.74, 6) is 0.589. The first-order valence-corrected chi connectivity index (χ1v) is 5.36. The minimum Gasteiger partial charge on any atom is -0.379 e. The molecule has 1 saturated carbocycles. The molecule has 1 rings (SSSR count). The highest BCUT2D eigenvalue weighted by atomic mass is 16.5. The Kier molecular flexibility index (Phi) is 5.60. The number of rotatable bonds is 8. The Balaban J connectivity index is 1.94. The van der Waals surface area contributed by atoms with Gasteiger partial charge in [0, 0.05) is 26.8 Å². The van der Waals surface area contributed by atoms with Crippen LogP contribution >= 0.6 is 0 Å². The zero-order chi connectivity index (χ0) is 11.1. The SMILES string of the molecule is COC(CN)C(=O)NCCOCC1CC1. The van der Waals surface area contributed by atoms with Crippen molar-refractivity contribution in [2.24, 2.45) is 11.7 Å². The van der Waals surface area contributed by atoms with Crippen LogP contribution in [0.25, 0.3) is 0 Å². The van der Waals surface area contributed by atoms with Crippen molar-refractivity contribution >= 4 is 5.91 Å². The summed E-state index contributed by atoms with van der Waals surface area (Å²) in [5, 5.41) is 2.71. The maximum Gasteiger partial charge on any atom is 0.250 e. The molecular weight excluding hydrogens is 196 g/mol. The van der Waals surface area contributed by atoms with Gasteiger partial charge < -0.3 is 20.5 Å². The van der Waals surface area contributed by atoms with Crippen molar-refractivity contribution in [1.29, 1.82) is 0 Å². The third-order valence-corrected chi connectivity index (χ3v) is 2.39. The molecule has 0 heterocycles. The van der Waals surface area contributed by atoms with Crippen molar-refractivity contribution < 1.29 is 14.3 Å². The zero-order valence-electron chi connectivity index (χ0n) is 9.20. The molecule has 3 N–H and O–H groups in total. The van der Waals surface area contributed by atoms with Crippen LogP contribution in [-0.2, 0) is 14.3 Å². The van der Waals surface area contributed by atoms with Crippen LogP contribution < -0.4 is 11.1 Å². The Morgan fingerprint density at radius 2 is 2.33 bits per heavy atom. The lowest BCUT2D eigenvalue weighted by Crippen LogP contribution is -2.41. The third kappa shape index (κ3) is 5.11. The second-order valence-corrected chi connectivity index (χ2v) is 3.77. The molecule has 88 valence electrons. The lowest BCUT2D eigenvalue weighted by Gasteiger charge is -2.12. The molecule has 0 aromatic carbocycles. The van der Waals surface area contributed by atoms with Crippen LogP contribution in [0, 0.1) is 5.92 Å². The summed E-state index contributed by atoms with van der Waals surface area (Å²) < 4.78 is 10.3. The van der Waals surface area contributed by atoms with Crippen molar-refractivity contribution in [3.63, 3.8) is 0 Å². The largest absolute Gasteiger partial charge is 0.379 e. The average molecular weight is 216 g/mol. The fourth-order valence-corrected chi connectivity index (χ4v) is 1.21. The first-order valence-electron chi connectivity index (χ1n) is 5.36. The van der Waals surface area contributed by atoms with E-state index in [-0.39, 0.29) is 12.5 Å². The minimum atomic E-state index is -0.548. The number of hydrogen-bond acceptors (Lipinski definition) is 4. The molecule has 0 spiro atoms. The van der Waals surface area contributed by atoms with Crippen LogP contribution in [-0.4, -0.2) is 45.4 Å². The maximum absolute atomic E-state index is 11.3. The van der Waals surface area contributed by atoms with E-state index < -0.39 is 6.10 Å². The zero-order valence-corrected chi connectivity index (χ0v) is 9.20. The lowest BCUT2D eigenvalue weighted by atomic mass is 10.3. The number of carbonyl (C=O) groups is 1. The van der Waals surface area contributed by atoms with Gasteiger partial charge in [-0.25, -0.2) is 0 Å². The van der Waals surface area contributed by atoms with E-state index in [0.29, 0.717) is 13.2 Å². The number of methoxy groups -OCH3 is 1. The van der Waals surface area contributed by atoms with Gasteiger partial charge in [0.15, 0.2) is 0 Å². The molecule has 0 bridgehead atoms. The molecule has 1 amide bonds. The quantitative estimate of drug-likeness (QED) is 0.537. The van der Waals surface area contributed by atoms with E-state index in [0.717, 1.165) is 12.5 Å². The summed E-state index contributed by atoms with van der Waals surface area (Å²) in [4.78, 5) is 11.3. The van der Waals surface area contributed by atoms with E-state index in [9.17, 15) is 4.79 Å². The summed E-state index contributed by atoms with van der Waals surface area (Å²) in [6, 6.07) is 0. The molecule has 0 aliphatic heterocycles. The summed E-state index contributed by atoms with van der Waals surface area (Å²) >= 11 is 0. The molecular formula is C10H20N2O3. The predicted molar refractivity (Wildman–Crippen MR) is 56.4 cm³/mol. The molecule has 1 aliphatic rings. The summed E-state index contributed by atoms with van der Waals surface area (Å²) in [5.41, 5.74) is 5.35. The summed E-state index contributed by atoms with van der Waals surface area (Å²) in [6.45, 7) is 2.10. The van der Waals surface area contributed by atoms with E-state index in [1.807, 2.05) is 0 Å². The Labute approximate surface area is 90.3 Å². The molecule has 1 unspecified atom stereocenters. The van der Waals surface area contributed by atoms with E-state index in [4.69, 9.17) is 15.2 Å². The van der Waals surface area contributed by atoms with E-state index in [1.54, 1.807) is 0 Å². The third-order valence-electron chi connectivity index (χ3n) is 2.39. The van der Waals surface area contributed by atoms with Crippen LogP contribution in [0.3, 0.4) is 0 Å². The Hall–Kier alpha value is -0.650. The van der Waals surface area contributed by atoms with E-state index in [2.05, 4.69) is 5.32 Å². The maximum atomic E-state index is 11.3. The Morgan fingerprint density at radius 3 is 2.87 bits per heavy atom. The fourth-order valence-electron chi connectivity index (χ4n) is 1.21. The van der Waals surface area contributed by atoms with Crippen LogP contribution in [0.4, 0.5) is 0 Å². The molecule has 0 radical (unpaired) electrons. The average Bonchev–Trinajstić information content (AvgIpc) is 3.03. The van der Waals surface area contributed by atoms with Crippen molar-refractivity contribution in [3.8, 4) is 0 Å². The van der Waals surface area contributed by atoms with E-state index in [1.165, 1.54) is 20.0 Å². The highest BCUT2D eigenvalue weighted by Gasteiger charge is 2.21. The summed E-state index contributed by atoms with van der Waals surface area (Å²) in [6.07, 6.45) is 2.02. The standard InChI is InChI=1S/C10H20N2O3/c1-14-9(6-11)10(13)12-4-5-15-7-8-2-3-8/h8-9H,2-7,11H2,1H3,(H,12,13). The van der Waals surface area contributed by atoms with Crippen molar-refractivity contribution in [2.45, 2.75) is 18.9 Å². The van der Waals surface area contributed by atoms with Crippen molar-refractivity contribution in [1.82, 2.24) is 5.32 Å². The number of nitrogens with two attached hydrogens (primary N) is 1. The van der Waals surface area contributed by atoms with Gasteiger partial charge in [0.25, 0.3) is 5.91 Å². The Morgan fingerprint density at radius 1 is 1.60 bits per heavy atom. The molecule has 1 fully saturated rings. The van der Waals surface area contributed by atoms with Gasteiger partial charge in [-0.15, -0.1) is 0 Å². The predicted octanol–water partition coefficient (Wildman–Crippen LogP) is -0.497. The molecule has 1 aliphatic carbocycles. The molecule has 0 saturated heterocycles. The molecule has 0 aromatic heterocycles. The van der Waals surface area contributed by atoms with Gasteiger partial charge in [0.05, 0.1) is 6.61 Å². The molecule has 5 heteroatoms. The molecule has 5 nitrogen and oxygen atoms in total. The van der Waals surface area contributed by atoms with Gasteiger partial charge in [-0.3, -0.25) is 4.79 Å². The second kappa shape index (κ2) is 6.76. The second-order valence-electron chi connectivity index (χ2n) is 3.77. The minimum absolute atomic E-state index is 0.171. The van der Waals surface area contributed by atoms with Gasteiger partial charge in [-0.1, -0.05) is 0 Å². The van der Waals surface area contributed by atoms with Gasteiger partial charge in [-0.2, -0.15) is 0 Å².